The van der Waals surface area contributed by atoms with Crippen LogP contribution in [0.4, 0.5) is 0 Å². The number of aromatic nitrogens is 2. The first-order valence-electron chi connectivity index (χ1n) is 6.07. The maximum absolute atomic E-state index is 8.88. The summed E-state index contributed by atoms with van der Waals surface area (Å²) < 4.78 is 0. The Kier molecular flexibility index (Phi) is 4.71. The molecule has 2 rings (SSSR count). The Labute approximate surface area is 107 Å². The van der Waals surface area contributed by atoms with Gasteiger partial charge in [-0.1, -0.05) is 11.6 Å². The van der Waals surface area contributed by atoms with Crippen LogP contribution >= 0.6 is 11.6 Å². The van der Waals surface area contributed by atoms with E-state index >= 15 is 0 Å². The Hall–Kier alpha value is -0.710. The van der Waals surface area contributed by atoms with Crippen molar-refractivity contribution in [3.8, 4) is 0 Å². The van der Waals surface area contributed by atoms with Crippen molar-refractivity contribution in [2.75, 3.05) is 26.2 Å². The Morgan fingerprint density at radius 3 is 2.76 bits per heavy atom. The molecule has 0 bridgehead atoms. The highest BCUT2D eigenvalue weighted by Gasteiger charge is 2.19. The fraction of sp³-hybridized carbons (Fsp3) is 0.667. The van der Waals surface area contributed by atoms with Gasteiger partial charge in [0.1, 0.15) is 5.15 Å². The highest BCUT2D eigenvalue weighted by molar-refractivity contribution is 6.29. The van der Waals surface area contributed by atoms with E-state index in [1.807, 2.05) is 0 Å². The van der Waals surface area contributed by atoms with Gasteiger partial charge in [0, 0.05) is 12.7 Å². The molecular formula is C12H18ClN3O. The summed E-state index contributed by atoms with van der Waals surface area (Å²) in [6, 6.07) is 0. The number of hydrogen-bond donors (Lipinski definition) is 1. The zero-order chi connectivity index (χ0) is 12.1. The third kappa shape index (κ3) is 3.91. The van der Waals surface area contributed by atoms with Gasteiger partial charge in [0.2, 0.25) is 0 Å². The SMILES string of the molecule is OCCN1CCC(Cc2cncc(Cl)n2)CC1. The molecule has 4 nitrogen and oxygen atoms in total. The van der Waals surface area contributed by atoms with Crippen LogP contribution in [0.3, 0.4) is 0 Å². The second kappa shape index (κ2) is 6.28. The van der Waals surface area contributed by atoms with Crippen molar-refractivity contribution in [1.29, 1.82) is 0 Å². The third-order valence-corrected chi connectivity index (χ3v) is 3.46. The van der Waals surface area contributed by atoms with E-state index in [9.17, 15) is 0 Å². The van der Waals surface area contributed by atoms with Crippen molar-refractivity contribution in [2.24, 2.45) is 5.92 Å². The highest BCUT2D eigenvalue weighted by atomic mass is 35.5. The van der Waals surface area contributed by atoms with Crippen LogP contribution in [-0.4, -0.2) is 46.2 Å². The number of likely N-dealkylation sites (tertiary alicyclic amines) is 1. The standard InChI is InChI=1S/C12H18ClN3O/c13-12-9-14-8-11(15-12)7-10-1-3-16(4-2-10)5-6-17/h8-10,17H,1-7H2. The Bertz CT molecular complexity index is 353. The summed E-state index contributed by atoms with van der Waals surface area (Å²) in [5.41, 5.74) is 0.984. The average molecular weight is 256 g/mol. The van der Waals surface area contributed by atoms with Crippen LogP contribution in [0, 0.1) is 5.92 Å². The predicted molar refractivity (Wildman–Crippen MR) is 67.0 cm³/mol. The number of aliphatic hydroxyl groups is 1. The topological polar surface area (TPSA) is 49.2 Å². The number of rotatable bonds is 4. The quantitative estimate of drug-likeness (QED) is 0.883. The zero-order valence-corrected chi connectivity index (χ0v) is 10.6. The molecule has 1 aliphatic heterocycles. The molecule has 0 amide bonds. The van der Waals surface area contributed by atoms with Crippen LogP contribution in [-0.2, 0) is 6.42 Å². The van der Waals surface area contributed by atoms with Crippen molar-refractivity contribution in [2.45, 2.75) is 19.3 Å². The van der Waals surface area contributed by atoms with Crippen LogP contribution in [0.15, 0.2) is 12.4 Å². The first-order valence-corrected chi connectivity index (χ1v) is 6.45. The second-order valence-electron chi connectivity index (χ2n) is 4.55. The first kappa shape index (κ1) is 12.7. The maximum Gasteiger partial charge on any atom is 0.147 e. The molecule has 1 aromatic heterocycles. The number of β-amino-alcohol motifs (C(OH)–C–C–N with tert-alkyl or cyclic N) is 1. The lowest BCUT2D eigenvalue weighted by atomic mass is 9.92. The minimum absolute atomic E-state index is 0.254. The van der Waals surface area contributed by atoms with E-state index in [1.165, 1.54) is 0 Å². The summed E-state index contributed by atoms with van der Waals surface area (Å²) in [6.07, 6.45) is 6.64. The molecule has 0 unspecified atom stereocenters. The normalized spacial score (nSPS) is 18.5. The molecule has 5 heteroatoms. The van der Waals surface area contributed by atoms with Crippen LogP contribution in [0.2, 0.25) is 5.15 Å². The molecule has 0 saturated carbocycles. The molecule has 94 valence electrons. The number of aliphatic hydroxyl groups excluding tert-OH is 1. The number of nitrogens with zero attached hydrogens (tertiary/aromatic N) is 3. The van der Waals surface area contributed by atoms with Gasteiger partial charge in [0.15, 0.2) is 0 Å². The average Bonchev–Trinajstić information content (AvgIpc) is 2.32. The summed E-state index contributed by atoms with van der Waals surface area (Å²) in [6.45, 7) is 3.19. The van der Waals surface area contributed by atoms with E-state index in [2.05, 4.69) is 14.9 Å². The van der Waals surface area contributed by atoms with Gasteiger partial charge in [0.05, 0.1) is 18.5 Å². The Balaban J connectivity index is 1.82. The Morgan fingerprint density at radius 2 is 2.12 bits per heavy atom. The van der Waals surface area contributed by atoms with Crippen LogP contribution in [0.5, 0.6) is 0 Å². The van der Waals surface area contributed by atoms with Gasteiger partial charge in [-0.2, -0.15) is 0 Å². The second-order valence-corrected chi connectivity index (χ2v) is 4.93. The summed E-state index contributed by atoms with van der Waals surface area (Å²) in [5.74, 6) is 0.665. The monoisotopic (exact) mass is 255 g/mol. The number of piperidine rings is 1. The van der Waals surface area contributed by atoms with Gasteiger partial charge in [-0.05, 0) is 38.3 Å². The van der Waals surface area contributed by atoms with E-state index in [-0.39, 0.29) is 6.61 Å². The molecule has 0 aliphatic carbocycles. The Morgan fingerprint density at radius 1 is 1.35 bits per heavy atom. The van der Waals surface area contributed by atoms with Crippen molar-refractivity contribution < 1.29 is 5.11 Å². The van der Waals surface area contributed by atoms with Crippen molar-refractivity contribution in [3.05, 3.63) is 23.2 Å². The van der Waals surface area contributed by atoms with Gasteiger partial charge < -0.3 is 10.0 Å². The van der Waals surface area contributed by atoms with Gasteiger partial charge in [-0.15, -0.1) is 0 Å². The number of halogens is 1. The molecule has 1 aliphatic rings. The molecule has 0 atom stereocenters. The fourth-order valence-corrected chi connectivity index (χ4v) is 2.49. The molecule has 2 heterocycles. The molecule has 1 fully saturated rings. The number of hydrogen-bond acceptors (Lipinski definition) is 4. The fourth-order valence-electron chi connectivity index (χ4n) is 2.33. The molecule has 1 aromatic rings. The molecule has 17 heavy (non-hydrogen) atoms. The third-order valence-electron chi connectivity index (χ3n) is 3.28. The maximum atomic E-state index is 8.88. The largest absolute Gasteiger partial charge is 0.395 e. The van der Waals surface area contributed by atoms with E-state index in [0.29, 0.717) is 11.1 Å². The molecule has 0 spiro atoms. The molecule has 1 N–H and O–H groups in total. The molecule has 1 saturated heterocycles. The summed E-state index contributed by atoms with van der Waals surface area (Å²) in [4.78, 5) is 10.6. The minimum atomic E-state index is 0.254. The van der Waals surface area contributed by atoms with E-state index in [1.54, 1.807) is 12.4 Å². The lowest BCUT2D eigenvalue weighted by Gasteiger charge is -2.31. The van der Waals surface area contributed by atoms with Crippen LogP contribution in [0.1, 0.15) is 18.5 Å². The first-order chi connectivity index (χ1) is 8.28. The van der Waals surface area contributed by atoms with Crippen LogP contribution < -0.4 is 0 Å². The summed E-state index contributed by atoms with van der Waals surface area (Å²) in [7, 11) is 0. The zero-order valence-electron chi connectivity index (χ0n) is 9.85. The van der Waals surface area contributed by atoms with Gasteiger partial charge in [-0.3, -0.25) is 4.98 Å². The van der Waals surface area contributed by atoms with Gasteiger partial charge in [0.25, 0.3) is 0 Å². The van der Waals surface area contributed by atoms with E-state index in [4.69, 9.17) is 16.7 Å². The van der Waals surface area contributed by atoms with E-state index in [0.717, 1.165) is 44.6 Å². The van der Waals surface area contributed by atoms with E-state index < -0.39 is 0 Å². The summed E-state index contributed by atoms with van der Waals surface area (Å²) >= 11 is 5.82. The molecule has 0 radical (unpaired) electrons. The predicted octanol–water partition coefficient (Wildman–Crippen LogP) is 1.38. The molecular weight excluding hydrogens is 238 g/mol. The van der Waals surface area contributed by atoms with Crippen molar-refractivity contribution in [3.63, 3.8) is 0 Å². The highest BCUT2D eigenvalue weighted by Crippen LogP contribution is 2.20. The van der Waals surface area contributed by atoms with Crippen molar-refractivity contribution >= 4 is 11.6 Å². The van der Waals surface area contributed by atoms with Crippen LogP contribution in [0.25, 0.3) is 0 Å². The summed E-state index contributed by atoms with van der Waals surface area (Å²) in [5, 5.41) is 9.35. The lowest BCUT2D eigenvalue weighted by Crippen LogP contribution is -2.36. The van der Waals surface area contributed by atoms with Gasteiger partial charge in [-0.25, -0.2) is 4.98 Å². The smallest absolute Gasteiger partial charge is 0.147 e. The lowest BCUT2D eigenvalue weighted by molar-refractivity contribution is 0.147. The van der Waals surface area contributed by atoms with Crippen molar-refractivity contribution in [1.82, 2.24) is 14.9 Å². The molecule has 0 aromatic carbocycles. The minimum Gasteiger partial charge on any atom is -0.395 e. The van der Waals surface area contributed by atoms with Gasteiger partial charge >= 0.3 is 0 Å².